The van der Waals surface area contributed by atoms with Crippen molar-refractivity contribution in [3.8, 4) is 17.3 Å². The SMILES string of the molecule is Cc1c(N2C=CN(c3cc(Oc4ccc5c6cc(C(C)(C)C)ccc6n(-c6cc(C(C)(C)C)ccn6)c5c4)cc(C(C)(C)C)c3)C2)cc(C(C)(C)C)cc1C(C)(C)C. The molecule has 304 valence electrons. The van der Waals surface area contributed by atoms with Gasteiger partial charge in [-0.2, -0.15) is 0 Å². The maximum Gasteiger partial charge on any atom is 0.137 e. The number of benzene rings is 4. The van der Waals surface area contributed by atoms with Crippen molar-refractivity contribution in [2.45, 2.75) is 138 Å². The van der Waals surface area contributed by atoms with Crippen LogP contribution < -0.4 is 14.5 Å². The van der Waals surface area contributed by atoms with Crippen molar-refractivity contribution >= 4 is 33.2 Å². The molecule has 0 fully saturated rings. The zero-order valence-electron chi connectivity index (χ0n) is 38.1. The van der Waals surface area contributed by atoms with E-state index in [-0.39, 0.29) is 27.1 Å². The lowest BCUT2D eigenvalue weighted by Gasteiger charge is -2.31. The summed E-state index contributed by atoms with van der Waals surface area (Å²) in [5, 5.41) is 2.40. The molecule has 5 heteroatoms. The first-order chi connectivity index (χ1) is 26.8. The number of fused-ring (bicyclic) bond motifs is 3. The van der Waals surface area contributed by atoms with E-state index in [1.54, 1.807) is 0 Å². The fraction of sp³-hybridized carbons (Fsp3) is 0.415. The predicted octanol–water partition coefficient (Wildman–Crippen LogP) is 14.5. The highest BCUT2D eigenvalue weighted by Crippen LogP contribution is 2.42. The number of aromatic nitrogens is 2. The summed E-state index contributed by atoms with van der Waals surface area (Å²) in [6.07, 6.45) is 6.38. The van der Waals surface area contributed by atoms with Gasteiger partial charge < -0.3 is 14.5 Å². The fourth-order valence-corrected chi connectivity index (χ4v) is 8.11. The minimum absolute atomic E-state index is 0.00781. The van der Waals surface area contributed by atoms with Gasteiger partial charge in [-0.15, -0.1) is 0 Å². The predicted molar refractivity (Wildman–Crippen MR) is 249 cm³/mol. The maximum absolute atomic E-state index is 6.90. The zero-order valence-corrected chi connectivity index (χ0v) is 38.1. The van der Waals surface area contributed by atoms with Gasteiger partial charge in [-0.3, -0.25) is 4.57 Å². The number of pyridine rings is 1. The molecule has 7 rings (SSSR count). The average Bonchev–Trinajstić information content (AvgIpc) is 3.72. The number of nitrogens with zero attached hydrogens (tertiary/aromatic N) is 4. The topological polar surface area (TPSA) is 33.5 Å². The van der Waals surface area contributed by atoms with Crippen LogP contribution in [0.25, 0.3) is 27.6 Å². The first-order valence-corrected chi connectivity index (χ1v) is 21.1. The molecule has 0 N–H and O–H groups in total. The molecule has 0 aliphatic carbocycles. The van der Waals surface area contributed by atoms with Crippen molar-refractivity contribution in [1.82, 2.24) is 9.55 Å². The summed E-state index contributed by atoms with van der Waals surface area (Å²) in [6.45, 7) is 37.3. The van der Waals surface area contributed by atoms with E-state index in [1.807, 2.05) is 6.20 Å². The number of anilines is 2. The molecule has 1 aliphatic heterocycles. The van der Waals surface area contributed by atoms with Gasteiger partial charge in [-0.25, -0.2) is 4.98 Å². The Morgan fingerprint density at radius 2 is 1.12 bits per heavy atom. The number of rotatable bonds is 5. The van der Waals surface area contributed by atoms with Crippen LogP contribution in [0.5, 0.6) is 11.5 Å². The van der Waals surface area contributed by atoms with Gasteiger partial charge in [0.2, 0.25) is 0 Å². The molecule has 0 bridgehead atoms. The third kappa shape index (κ3) is 8.02. The van der Waals surface area contributed by atoms with Gasteiger partial charge in [0.1, 0.15) is 17.3 Å². The Labute approximate surface area is 348 Å². The molecule has 0 unspecified atom stereocenters. The van der Waals surface area contributed by atoms with Gasteiger partial charge in [0, 0.05) is 52.9 Å². The lowest BCUT2D eigenvalue weighted by molar-refractivity contribution is 0.479. The van der Waals surface area contributed by atoms with Crippen LogP contribution in [0, 0.1) is 6.92 Å². The molecule has 0 amide bonds. The van der Waals surface area contributed by atoms with Crippen LogP contribution in [0.4, 0.5) is 11.4 Å². The lowest BCUT2D eigenvalue weighted by Crippen LogP contribution is -2.27. The van der Waals surface area contributed by atoms with E-state index in [9.17, 15) is 0 Å². The molecule has 3 heterocycles. The third-order valence-corrected chi connectivity index (χ3v) is 11.9. The molecule has 6 aromatic rings. The van der Waals surface area contributed by atoms with E-state index in [1.165, 1.54) is 49.8 Å². The van der Waals surface area contributed by atoms with Gasteiger partial charge in [0.05, 0.1) is 17.7 Å². The highest BCUT2D eigenvalue weighted by atomic mass is 16.5. The number of ether oxygens (including phenoxy) is 1. The highest BCUT2D eigenvalue weighted by molar-refractivity contribution is 6.09. The summed E-state index contributed by atoms with van der Waals surface area (Å²) in [5.74, 6) is 2.52. The van der Waals surface area contributed by atoms with Gasteiger partial charge in [-0.05, 0) is 122 Å². The molecule has 58 heavy (non-hydrogen) atoms. The number of hydrogen-bond acceptors (Lipinski definition) is 4. The Bertz CT molecular complexity index is 2550. The minimum atomic E-state index is -0.0820. The van der Waals surface area contributed by atoms with Crippen molar-refractivity contribution in [2.75, 3.05) is 16.5 Å². The maximum atomic E-state index is 6.90. The van der Waals surface area contributed by atoms with Crippen LogP contribution in [-0.2, 0) is 27.1 Å². The van der Waals surface area contributed by atoms with E-state index in [2.05, 4.69) is 216 Å². The summed E-state index contributed by atoms with van der Waals surface area (Å²) >= 11 is 0. The zero-order chi connectivity index (χ0) is 42.3. The average molecular weight is 775 g/mol. The summed E-state index contributed by atoms with van der Waals surface area (Å²) in [5.41, 5.74) is 12.5. The lowest BCUT2D eigenvalue weighted by atomic mass is 9.78. The van der Waals surface area contributed by atoms with Crippen LogP contribution in [0.3, 0.4) is 0 Å². The molecular formula is C53H66N4O. The van der Waals surface area contributed by atoms with E-state index in [0.29, 0.717) is 6.67 Å². The molecule has 0 radical (unpaired) electrons. The second kappa shape index (κ2) is 14.1. The second-order valence-electron chi connectivity index (χ2n) is 21.8. The van der Waals surface area contributed by atoms with Crippen LogP contribution in [0.2, 0.25) is 0 Å². The first-order valence-electron chi connectivity index (χ1n) is 21.1. The summed E-state index contributed by atoms with van der Waals surface area (Å²) in [7, 11) is 0. The Balaban J connectivity index is 1.30. The minimum Gasteiger partial charge on any atom is -0.457 e. The summed E-state index contributed by atoms with van der Waals surface area (Å²) < 4.78 is 9.21. The van der Waals surface area contributed by atoms with Crippen molar-refractivity contribution in [2.24, 2.45) is 0 Å². The smallest absolute Gasteiger partial charge is 0.137 e. The molecule has 0 saturated carbocycles. The monoisotopic (exact) mass is 775 g/mol. The molecule has 0 saturated heterocycles. The van der Waals surface area contributed by atoms with E-state index in [4.69, 9.17) is 9.72 Å². The Hall–Kier alpha value is -5.03. The molecular weight excluding hydrogens is 709 g/mol. The summed E-state index contributed by atoms with van der Waals surface area (Å²) in [6, 6.07) is 29.3. The highest BCUT2D eigenvalue weighted by Gasteiger charge is 2.28. The molecule has 0 spiro atoms. The van der Waals surface area contributed by atoms with Crippen molar-refractivity contribution in [3.05, 3.63) is 131 Å². The Morgan fingerprint density at radius 3 is 1.76 bits per heavy atom. The van der Waals surface area contributed by atoms with Gasteiger partial charge >= 0.3 is 0 Å². The third-order valence-electron chi connectivity index (χ3n) is 11.9. The Kier molecular flexibility index (Phi) is 9.98. The Morgan fingerprint density at radius 1 is 0.500 bits per heavy atom. The van der Waals surface area contributed by atoms with Crippen LogP contribution in [-0.4, -0.2) is 16.2 Å². The van der Waals surface area contributed by atoms with E-state index < -0.39 is 0 Å². The van der Waals surface area contributed by atoms with Gasteiger partial charge in [-0.1, -0.05) is 116 Å². The summed E-state index contributed by atoms with van der Waals surface area (Å²) in [4.78, 5) is 9.68. The molecule has 4 aromatic carbocycles. The standard InChI is InChI=1S/C53H66N4O/c1-34-44(53(14,15)16)28-38(52(11,12)13)29-46(34)56-24-23-55(33-56)39-25-37(51(8,9)10)26-41(31-39)58-40-18-19-42-43-27-35(49(2,3)4)17-20-45(43)57(47(42)32-40)48-30-36(21-22-54-48)50(5,6)7/h17-32H,33H2,1-16H3. The largest absolute Gasteiger partial charge is 0.457 e. The fourth-order valence-electron chi connectivity index (χ4n) is 8.11. The van der Waals surface area contributed by atoms with E-state index >= 15 is 0 Å². The first kappa shape index (κ1) is 41.1. The number of hydrogen-bond donors (Lipinski definition) is 0. The van der Waals surface area contributed by atoms with Crippen molar-refractivity contribution in [3.63, 3.8) is 0 Å². The van der Waals surface area contributed by atoms with Crippen molar-refractivity contribution < 1.29 is 4.74 Å². The van der Waals surface area contributed by atoms with Gasteiger partial charge in [0.25, 0.3) is 0 Å². The molecule has 5 nitrogen and oxygen atoms in total. The van der Waals surface area contributed by atoms with Crippen molar-refractivity contribution in [1.29, 1.82) is 0 Å². The van der Waals surface area contributed by atoms with Gasteiger partial charge in [0.15, 0.2) is 0 Å². The van der Waals surface area contributed by atoms with E-state index in [0.717, 1.165) is 34.0 Å². The molecule has 0 atom stereocenters. The second-order valence-corrected chi connectivity index (χ2v) is 21.8. The molecule has 1 aliphatic rings. The normalized spacial score (nSPS) is 14.3. The van der Waals surface area contributed by atoms with Crippen LogP contribution in [0.15, 0.2) is 97.5 Å². The quantitative estimate of drug-likeness (QED) is 0.175. The van der Waals surface area contributed by atoms with Crippen LogP contribution in [0.1, 0.15) is 137 Å². The van der Waals surface area contributed by atoms with Crippen LogP contribution >= 0.6 is 0 Å². The molecule has 2 aromatic heterocycles.